The first-order chi connectivity index (χ1) is 10.2. The number of aromatic nitrogens is 2. The van der Waals surface area contributed by atoms with Gasteiger partial charge < -0.3 is 9.64 Å². The van der Waals surface area contributed by atoms with Crippen LogP contribution in [0.25, 0.3) is 0 Å². The van der Waals surface area contributed by atoms with Crippen LogP contribution in [0.5, 0.6) is 0 Å². The van der Waals surface area contributed by atoms with Gasteiger partial charge in [0.05, 0.1) is 24.9 Å². The lowest BCUT2D eigenvalue weighted by Crippen LogP contribution is -2.38. The predicted molar refractivity (Wildman–Crippen MR) is 79.9 cm³/mol. The molecule has 0 spiro atoms. The number of nitrogens with zero attached hydrogens (tertiary/aromatic N) is 3. The lowest BCUT2D eigenvalue weighted by molar-refractivity contribution is -0.132. The number of amides is 1. The Morgan fingerprint density at radius 1 is 1.43 bits per heavy atom. The number of aryl methyl sites for hydroxylation is 1. The lowest BCUT2D eigenvalue weighted by Gasteiger charge is -2.25. The zero-order chi connectivity index (χ0) is 14.7. The summed E-state index contributed by atoms with van der Waals surface area (Å²) in [6.07, 6.45) is 10.2. The maximum absolute atomic E-state index is 12.4. The summed E-state index contributed by atoms with van der Waals surface area (Å²) in [5.74, 6) is 0.289. The Balaban J connectivity index is 1.51. The summed E-state index contributed by atoms with van der Waals surface area (Å²) < 4.78 is 7.57. The minimum atomic E-state index is 0.289. The molecule has 0 aliphatic carbocycles. The van der Waals surface area contributed by atoms with Crippen LogP contribution < -0.4 is 0 Å². The molecule has 116 valence electrons. The number of hydrogen-bond acceptors (Lipinski definition) is 3. The number of rotatable bonds is 5. The van der Waals surface area contributed by atoms with Crippen molar-refractivity contribution < 1.29 is 9.53 Å². The van der Waals surface area contributed by atoms with E-state index in [-0.39, 0.29) is 5.91 Å². The second-order valence-electron chi connectivity index (χ2n) is 6.30. The molecule has 2 aliphatic rings. The smallest absolute Gasteiger partial charge is 0.222 e. The van der Waals surface area contributed by atoms with E-state index in [1.54, 1.807) is 0 Å². The normalized spacial score (nSPS) is 25.7. The number of likely N-dealkylation sites (tertiary alicyclic amines) is 1. The maximum atomic E-state index is 12.4. The molecule has 1 aromatic heterocycles. The Bertz CT molecular complexity index is 480. The van der Waals surface area contributed by atoms with E-state index in [4.69, 9.17) is 4.74 Å². The van der Waals surface area contributed by atoms with Gasteiger partial charge >= 0.3 is 0 Å². The van der Waals surface area contributed by atoms with Crippen molar-refractivity contribution in [1.82, 2.24) is 14.7 Å². The molecule has 21 heavy (non-hydrogen) atoms. The van der Waals surface area contributed by atoms with Gasteiger partial charge in [0.2, 0.25) is 5.91 Å². The van der Waals surface area contributed by atoms with Crippen molar-refractivity contribution in [3.63, 3.8) is 0 Å². The molecule has 1 aromatic rings. The first-order valence-electron chi connectivity index (χ1n) is 8.12. The van der Waals surface area contributed by atoms with Crippen LogP contribution in [0.3, 0.4) is 0 Å². The molecule has 0 bridgehead atoms. The van der Waals surface area contributed by atoms with Crippen LogP contribution in [0.4, 0.5) is 0 Å². The summed E-state index contributed by atoms with van der Waals surface area (Å²) >= 11 is 0. The van der Waals surface area contributed by atoms with Crippen LogP contribution in [0.1, 0.15) is 44.1 Å². The van der Waals surface area contributed by atoms with E-state index in [0.717, 1.165) is 51.8 Å². The van der Waals surface area contributed by atoms with Crippen molar-refractivity contribution in [1.29, 1.82) is 0 Å². The first-order valence-corrected chi connectivity index (χ1v) is 8.12. The molecule has 1 amide bonds. The summed E-state index contributed by atoms with van der Waals surface area (Å²) in [6.45, 7) is 4.63. The Morgan fingerprint density at radius 2 is 2.33 bits per heavy atom. The first kappa shape index (κ1) is 14.6. The Hall–Kier alpha value is -1.36. The molecule has 2 unspecified atom stereocenters. The van der Waals surface area contributed by atoms with Crippen LogP contribution in [0.2, 0.25) is 0 Å². The van der Waals surface area contributed by atoms with Crippen molar-refractivity contribution in [2.24, 2.45) is 0 Å². The quantitative estimate of drug-likeness (QED) is 0.835. The second-order valence-corrected chi connectivity index (χ2v) is 6.30. The lowest BCUT2D eigenvalue weighted by atomic mass is 10.1. The topological polar surface area (TPSA) is 47.4 Å². The molecule has 2 atom stereocenters. The number of ether oxygens (including phenoxy) is 1. The summed E-state index contributed by atoms with van der Waals surface area (Å²) in [7, 11) is 0. The Morgan fingerprint density at radius 3 is 3.05 bits per heavy atom. The highest BCUT2D eigenvalue weighted by atomic mass is 16.5. The van der Waals surface area contributed by atoms with Gasteiger partial charge in [0, 0.05) is 25.8 Å². The molecule has 2 aliphatic heterocycles. The zero-order valence-electron chi connectivity index (χ0n) is 12.8. The van der Waals surface area contributed by atoms with E-state index in [9.17, 15) is 4.79 Å². The fraction of sp³-hybridized carbons (Fsp3) is 0.750. The summed E-state index contributed by atoms with van der Waals surface area (Å²) in [5.41, 5.74) is 1.17. The fourth-order valence-corrected chi connectivity index (χ4v) is 3.44. The average Bonchev–Trinajstić information content (AvgIpc) is 3.19. The van der Waals surface area contributed by atoms with E-state index >= 15 is 0 Å². The molecule has 0 saturated carbocycles. The predicted octanol–water partition coefficient (Wildman–Crippen LogP) is 2.14. The Kier molecular flexibility index (Phi) is 4.58. The highest BCUT2D eigenvalue weighted by molar-refractivity contribution is 5.76. The minimum absolute atomic E-state index is 0.289. The van der Waals surface area contributed by atoms with Gasteiger partial charge in [-0.25, -0.2) is 0 Å². The van der Waals surface area contributed by atoms with Crippen LogP contribution >= 0.6 is 0 Å². The van der Waals surface area contributed by atoms with Crippen molar-refractivity contribution in [3.05, 3.63) is 18.0 Å². The fourth-order valence-electron chi connectivity index (χ4n) is 3.44. The molecule has 3 heterocycles. The van der Waals surface area contributed by atoms with Gasteiger partial charge in [0.15, 0.2) is 0 Å². The molecule has 0 N–H and O–H groups in total. The third-order valence-corrected chi connectivity index (χ3v) is 4.56. The molecular weight excluding hydrogens is 266 g/mol. The van der Waals surface area contributed by atoms with Crippen molar-refractivity contribution in [2.45, 2.75) is 64.1 Å². The van der Waals surface area contributed by atoms with Gasteiger partial charge in [-0.2, -0.15) is 5.10 Å². The van der Waals surface area contributed by atoms with E-state index in [1.165, 1.54) is 5.56 Å². The van der Waals surface area contributed by atoms with Gasteiger partial charge in [-0.3, -0.25) is 9.48 Å². The van der Waals surface area contributed by atoms with Gasteiger partial charge in [-0.15, -0.1) is 0 Å². The highest BCUT2D eigenvalue weighted by Gasteiger charge is 2.29. The molecule has 0 radical (unpaired) electrons. The van der Waals surface area contributed by atoms with E-state index in [0.29, 0.717) is 18.6 Å². The number of hydrogen-bond donors (Lipinski definition) is 0. The summed E-state index contributed by atoms with van der Waals surface area (Å²) in [6, 6.07) is 0.307. The summed E-state index contributed by atoms with van der Waals surface area (Å²) in [4.78, 5) is 14.5. The summed E-state index contributed by atoms with van der Waals surface area (Å²) in [5, 5.41) is 4.34. The van der Waals surface area contributed by atoms with E-state index < -0.39 is 0 Å². The molecule has 5 nitrogen and oxygen atoms in total. The van der Waals surface area contributed by atoms with Crippen LogP contribution in [-0.2, 0) is 16.1 Å². The largest absolute Gasteiger partial charge is 0.378 e. The molecule has 3 rings (SSSR count). The van der Waals surface area contributed by atoms with Crippen molar-refractivity contribution in [2.75, 3.05) is 13.2 Å². The zero-order valence-corrected chi connectivity index (χ0v) is 12.8. The average molecular weight is 291 g/mol. The Labute approximate surface area is 126 Å². The SMILES string of the molecule is Cc1cnn(CC2CCCN2C(=O)CCC2CCCO2)c1. The maximum Gasteiger partial charge on any atom is 0.222 e. The van der Waals surface area contributed by atoms with Gasteiger partial charge in [0.25, 0.3) is 0 Å². The van der Waals surface area contributed by atoms with Crippen LogP contribution in [-0.4, -0.2) is 45.9 Å². The van der Waals surface area contributed by atoms with Crippen LogP contribution in [0.15, 0.2) is 12.4 Å². The van der Waals surface area contributed by atoms with Gasteiger partial charge in [-0.1, -0.05) is 0 Å². The second kappa shape index (κ2) is 6.60. The standard InChI is InChI=1S/C16H25N3O2/c1-13-10-17-18(11-13)12-14-4-2-8-19(14)16(20)7-6-15-5-3-9-21-15/h10-11,14-15H,2-9,12H2,1H3. The van der Waals surface area contributed by atoms with E-state index in [2.05, 4.69) is 10.00 Å². The number of carbonyl (C=O) groups excluding carboxylic acids is 1. The minimum Gasteiger partial charge on any atom is -0.378 e. The third kappa shape index (κ3) is 3.64. The van der Waals surface area contributed by atoms with Crippen LogP contribution in [0, 0.1) is 6.92 Å². The van der Waals surface area contributed by atoms with Gasteiger partial charge in [-0.05, 0) is 44.6 Å². The molecule has 5 heteroatoms. The number of carbonyl (C=O) groups is 1. The monoisotopic (exact) mass is 291 g/mol. The van der Waals surface area contributed by atoms with E-state index in [1.807, 2.05) is 24.0 Å². The molecule has 2 fully saturated rings. The van der Waals surface area contributed by atoms with Gasteiger partial charge in [0.1, 0.15) is 0 Å². The molecule has 2 saturated heterocycles. The highest BCUT2D eigenvalue weighted by Crippen LogP contribution is 2.22. The molecular formula is C16H25N3O2. The van der Waals surface area contributed by atoms with Crippen molar-refractivity contribution >= 4 is 5.91 Å². The third-order valence-electron chi connectivity index (χ3n) is 4.56. The van der Waals surface area contributed by atoms with Crippen molar-refractivity contribution in [3.8, 4) is 0 Å². The molecule has 0 aromatic carbocycles.